The molecule has 0 radical (unpaired) electrons. The molecule has 2 unspecified atom stereocenters. The third kappa shape index (κ3) is 3.12. The summed E-state index contributed by atoms with van der Waals surface area (Å²) in [7, 11) is 2.24. The van der Waals surface area contributed by atoms with Gasteiger partial charge in [0.25, 0.3) is 0 Å². The summed E-state index contributed by atoms with van der Waals surface area (Å²) >= 11 is 0. The van der Waals surface area contributed by atoms with E-state index in [0.29, 0.717) is 6.04 Å². The van der Waals surface area contributed by atoms with Gasteiger partial charge in [0.15, 0.2) is 0 Å². The van der Waals surface area contributed by atoms with Crippen molar-refractivity contribution in [2.24, 2.45) is 5.73 Å². The van der Waals surface area contributed by atoms with E-state index in [4.69, 9.17) is 5.73 Å². The second-order valence-corrected chi connectivity index (χ2v) is 5.63. The average molecular weight is 246 g/mol. The van der Waals surface area contributed by atoms with Gasteiger partial charge in [0.05, 0.1) is 0 Å². The van der Waals surface area contributed by atoms with E-state index in [1.54, 1.807) is 0 Å². The number of likely N-dealkylation sites (N-methyl/N-ethyl adjacent to an activating group) is 1. The summed E-state index contributed by atoms with van der Waals surface area (Å²) in [6, 6.07) is 11.7. The van der Waals surface area contributed by atoms with Crippen LogP contribution in [0, 0.1) is 0 Å². The molecule has 2 nitrogen and oxygen atoms in total. The van der Waals surface area contributed by atoms with Crippen molar-refractivity contribution in [3.05, 3.63) is 35.9 Å². The van der Waals surface area contributed by atoms with Crippen LogP contribution in [-0.4, -0.2) is 24.0 Å². The lowest BCUT2D eigenvalue weighted by Gasteiger charge is -2.38. The molecule has 2 heteroatoms. The molecule has 2 rings (SSSR count). The highest BCUT2D eigenvalue weighted by Gasteiger charge is 2.26. The van der Waals surface area contributed by atoms with E-state index in [0.717, 1.165) is 6.04 Å². The molecule has 2 atom stereocenters. The molecule has 1 fully saturated rings. The van der Waals surface area contributed by atoms with Crippen LogP contribution in [-0.2, 0) is 0 Å². The van der Waals surface area contributed by atoms with Crippen molar-refractivity contribution in [2.75, 3.05) is 7.05 Å². The molecule has 1 aromatic carbocycles. The molecule has 0 bridgehead atoms. The van der Waals surface area contributed by atoms with Crippen LogP contribution in [0.4, 0.5) is 0 Å². The van der Waals surface area contributed by atoms with Crippen molar-refractivity contribution in [1.82, 2.24) is 4.90 Å². The molecule has 1 saturated carbocycles. The number of nitrogens with zero attached hydrogens (tertiary/aromatic N) is 1. The molecule has 1 aliphatic carbocycles. The summed E-state index contributed by atoms with van der Waals surface area (Å²) in [5.41, 5.74) is 7.65. The number of hydrogen-bond donors (Lipinski definition) is 1. The average Bonchev–Trinajstić information content (AvgIpc) is 2.47. The molecule has 0 aliphatic heterocycles. The van der Waals surface area contributed by atoms with Crippen molar-refractivity contribution in [1.29, 1.82) is 0 Å². The molecular weight excluding hydrogens is 220 g/mol. The first-order chi connectivity index (χ1) is 8.70. The number of nitrogens with two attached hydrogens (primary N) is 1. The minimum atomic E-state index is 0.109. The predicted molar refractivity (Wildman–Crippen MR) is 77.5 cm³/mol. The van der Waals surface area contributed by atoms with Crippen molar-refractivity contribution in [2.45, 2.75) is 57.2 Å². The predicted octanol–water partition coefficient (Wildman–Crippen LogP) is 3.34. The zero-order chi connectivity index (χ0) is 13.0. The van der Waals surface area contributed by atoms with Gasteiger partial charge in [0, 0.05) is 18.1 Å². The lowest BCUT2D eigenvalue weighted by molar-refractivity contribution is 0.130. The van der Waals surface area contributed by atoms with Crippen molar-refractivity contribution >= 4 is 0 Å². The molecule has 18 heavy (non-hydrogen) atoms. The Morgan fingerprint density at radius 3 is 2.33 bits per heavy atom. The zero-order valence-electron chi connectivity index (χ0n) is 11.7. The van der Waals surface area contributed by atoms with Gasteiger partial charge in [-0.1, -0.05) is 49.6 Å². The van der Waals surface area contributed by atoms with Gasteiger partial charge in [-0.2, -0.15) is 0 Å². The van der Waals surface area contributed by atoms with E-state index in [1.165, 1.54) is 37.7 Å². The lowest BCUT2D eigenvalue weighted by Crippen LogP contribution is -2.45. The van der Waals surface area contributed by atoms with Crippen LogP contribution >= 0.6 is 0 Å². The van der Waals surface area contributed by atoms with Gasteiger partial charge >= 0.3 is 0 Å². The first-order valence-corrected chi connectivity index (χ1v) is 7.22. The molecule has 0 saturated heterocycles. The van der Waals surface area contributed by atoms with Gasteiger partial charge in [0.2, 0.25) is 0 Å². The molecule has 0 heterocycles. The SMILES string of the molecule is CC(C(N)c1ccccc1)N(C)C1CCCCC1. The smallest absolute Gasteiger partial charge is 0.0450 e. The third-order valence-corrected chi connectivity index (χ3v) is 4.50. The quantitative estimate of drug-likeness (QED) is 0.883. The minimum absolute atomic E-state index is 0.109. The topological polar surface area (TPSA) is 29.3 Å². The van der Waals surface area contributed by atoms with Gasteiger partial charge in [-0.25, -0.2) is 0 Å². The summed E-state index contributed by atoms with van der Waals surface area (Å²) in [5, 5.41) is 0. The second-order valence-electron chi connectivity index (χ2n) is 5.63. The molecule has 100 valence electrons. The molecule has 0 aromatic heterocycles. The van der Waals surface area contributed by atoms with Gasteiger partial charge < -0.3 is 5.73 Å². The van der Waals surface area contributed by atoms with Gasteiger partial charge in [0.1, 0.15) is 0 Å². The maximum absolute atomic E-state index is 6.40. The Hall–Kier alpha value is -0.860. The highest BCUT2D eigenvalue weighted by atomic mass is 15.2. The summed E-state index contributed by atoms with van der Waals surface area (Å²) in [6.45, 7) is 2.26. The molecule has 1 aliphatic rings. The highest BCUT2D eigenvalue weighted by molar-refractivity contribution is 5.19. The normalized spacial score (nSPS) is 20.9. The Morgan fingerprint density at radius 1 is 1.11 bits per heavy atom. The summed E-state index contributed by atoms with van der Waals surface area (Å²) in [6.07, 6.45) is 6.83. The molecule has 0 spiro atoms. The Kier molecular flexibility index (Phi) is 4.79. The van der Waals surface area contributed by atoms with Crippen molar-refractivity contribution < 1.29 is 0 Å². The summed E-state index contributed by atoms with van der Waals surface area (Å²) < 4.78 is 0. The van der Waals surface area contributed by atoms with Crippen LogP contribution in [0.3, 0.4) is 0 Å². The Morgan fingerprint density at radius 2 is 1.72 bits per heavy atom. The largest absolute Gasteiger partial charge is 0.323 e. The Balaban J connectivity index is 1.99. The lowest BCUT2D eigenvalue weighted by atomic mass is 9.91. The Labute approximate surface area is 111 Å². The minimum Gasteiger partial charge on any atom is -0.323 e. The fourth-order valence-corrected chi connectivity index (χ4v) is 3.03. The maximum Gasteiger partial charge on any atom is 0.0450 e. The fourth-order valence-electron chi connectivity index (χ4n) is 3.03. The van der Waals surface area contributed by atoms with Crippen LogP contribution in [0.2, 0.25) is 0 Å². The first kappa shape index (κ1) is 13.6. The van der Waals surface area contributed by atoms with Crippen molar-refractivity contribution in [3.8, 4) is 0 Å². The third-order valence-electron chi connectivity index (χ3n) is 4.50. The van der Waals surface area contributed by atoms with Gasteiger partial charge in [-0.05, 0) is 32.4 Å². The van der Waals surface area contributed by atoms with Crippen LogP contribution in [0.25, 0.3) is 0 Å². The molecule has 1 aromatic rings. The number of rotatable bonds is 4. The van der Waals surface area contributed by atoms with Crippen molar-refractivity contribution in [3.63, 3.8) is 0 Å². The summed E-state index contributed by atoms with van der Waals surface area (Å²) in [4.78, 5) is 2.50. The van der Waals surface area contributed by atoms with Crippen LogP contribution < -0.4 is 5.73 Å². The maximum atomic E-state index is 6.40. The molecular formula is C16H26N2. The number of benzene rings is 1. The monoisotopic (exact) mass is 246 g/mol. The van der Waals surface area contributed by atoms with E-state index in [1.807, 2.05) is 6.07 Å². The van der Waals surface area contributed by atoms with E-state index in [-0.39, 0.29) is 6.04 Å². The standard InChI is InChI=1S/C16H26N2/c1-13(16(17)14-9-5-3-6-10-14)18(2)15-11-7-4-8-12-15/h3,5-6,9-10,13,15-16H,4,7-8,11-12,17H2,1-2H3. The van der Waals surface area contributed by atoms with E-state index >= 15 is 0 Å². The Bertz CT molecular complexity index is 343. The zero-order valence-corrected chi connectivity index (χ0v) is 11.7. The highest BCUT2D eigenvalue weighted by Crippen LogP contribution is 2.26. The van der Waals surface area contributed by atoms with E-state index in [9.17, 15) is 0 Å². The van der Waals surface area contributed by atoms with Gasteiger partial charge in [-0.3, -0.25) is 4.90 Å². The summed E-state index contributed by atoms with van der Waals surface area (Å²) in [5.74, 6) is 0. The number of hydrogen-bond acceptors (Lipinski definition) is 2. The fraction of sp³-hybridized carbons (Fsp3) is 0.625. The van der Waals surface area contributed by atoms with Gasteiger partial charge in [-0.15, -0.1) is 0 Å². The van der Waals surface area contributed by atoms with E-state index < -0.39 is 0 Å². The van der Waals surface area contributed by atoms with Crippen LogP contribution in [0.5, 0.6) is 0 Å². The molecule has 2 N–H and O–H groups in total. The van der Waals surface area contributed by atoms with Crippen LogP contribution in [0.1, 0.15) is 50.6 Å². The second kappa shape index (κ2) is 6.35. The molecule has 0 amide bonds. The van der Waals surface area contributed by atoms with Crippen LogP contribution in [0.15, 0.2) is 30.3 Å². The first-order valence-electron chi connectivity index (χ1n) is 7.22. The van der Waals surface area contributed by atoms with E-state index in [2.05, 4.69) is 43.1 Å².